The first-order chi connectivity index (χ1) is 14.5. The normalized spacial score (nSPS) is 15.5. The summed E-state index contributed by atoms with van der Waals surface area (Å²) in [6, 6.07) is 14.9. The van der Waals surface area contributed by atoms with E-state index in [1.165, 1.54) is 0 Å². The Balaban J connectivity index is 1.77. The summed E-state index contributed by atoms with van der Waals surface area (Å²) in [4.78, 5) is 28.9. The quantitative estimate of drug-likeness (QED) is 0.686. The Labute approximate surface area is 183 Å². The van der Waals surface area contributed by atoms with Gasteiger partial charge in [-0.05, 0) is 48.7 Å². The fraction of sp³-hybridized carbons (Fsp3) is 0.417. The van der Waals surface area contributed by atoms with Gasteiger partial charge >= 0.3 is 0 Å². The summed E-state index contributed by atoms with van der Waals surface area (Å²) < 4.78 is 5.68. The van der Waals surface area contributed by atoms with Crippen LogP contribution in [0.1, 0.15) is 44.6 Å². The first-order valence-corrected chi connectivity index (χ1v) is 10.9. The maximum atomic E-state index is 13.0. The van der Waals surface area contributed by atoms with E-state index in [0.29, 0.717) is 30.4 Å². The average Bonchev–Trinajstić information content (AvgIpc) is 2.73. The van der Waals surface area contributed by atoms with Gasteiger partial charge < -0.3 is 14.5 Å². The zero-order valence-electron chi connectivity index (χ0n) is 17.5. The number of ether oxygens (including phenoxy) is 1. The summed E-state index contributed by atoms with van der Waals surface area (Å²) >= 11 is 5.91. The summed E-state index contributed by atoms with van der Waals surface area (Å²) in [6.07, 6.45) is 5.22. The Morgan fingerprint density at radius 3 is 2.33 bits per heavy atom. The van der Waals surface area contributed by atoms with Crippen molar-refractivity contribution >= 4 is 29.1 Å². The van der Waals surface area contributed by atoms with Crippen LogP contribution in [-0.2, 0) is 16.1 Å². The number of amides is 2. The van der Waals surface area contributed by atoms with Crippen LogP contribution in [0, 0.1) is 0 Å². The molecule has 0 bridgehead atoms. The second kappa shape index (κ2) is 11.0. The van der Waals surface area contributed by atoms with Crippen molar-refractivity contribution < 1.29 is 14.3 Å². The van der Waals surface area contributed by atoms with Crippen molar-refractivity contribution in [3.8, 4) is 5.75 Å². The van der Waals surface area contributed by atoms with Gasteiger partial charge in [0.05, 0.1) is 0 Å². The van der Waals surface area contributed by atoms with E-state index in [4.69, 9.17) is 16.3 Å². The summed E-state index contributed by atoms with van der Waals surface area (Å²) in [5, 5.41) is 0.628. The minimum absolute atomic E-state index is 0.0276. The highest BCUT2D eigenvalue weighted by atomic mass is 35.5. The maximum Gasteiger partial charge on any atom is 0.260 e. The molecule has 2 amide bonds. The van der Waals surface area contributed by atoms with Crippen molar-refractivity contribution in [1.29, 1.82) is 0 Å². The molecular formula is C24H29ClN2O3. The van der Waals surface area contributed by atoms with E-state index in [2.05, 4.69) is 0 Å². The van der Waals surface area contributed by atoms with E-state index in [1.807, 2.05) is 34.1 Å². The molecule has 0 saturated heterocycles. The third kappa shape index (κ3) is 6.23. The standard InChI is InChI=1S/C24H29ClN2O3/c1-19(28)27-16-8-4-2-3-7-15-26(17-20-9-5-6-10-23(20)27)24(29)18-30-22-13-11-21(25)12-14-22/h5-6,9-14H,2-4,7-8,15-18H2,1H3. The van der Waals surface area contributed by atoms with Crippen LogP contribution < -0.4 is 9.64 Å². The lowest BCUT2D eigenvalue weighted by atomic mass is 10.1. The summed E-state index contributed by atoms with van der Waals surface area (Å²) in [5.41, 5.74) is 1.87. The molecule has 0 N–H and O–H groups in total. The fourth-order valence-corrected chi connectivity index (χ4v) is 3.85. The molecule has 160 valence electrons. The molecule has 30 heavy (non-hydrogen) atoms. The van der Waals surface area contributed by atoms with E-state index in [-0.39, 0.29) is 18.4 Å². The van der Waals surface area contributed by atoms with E-state index >= 15 is 0 Å². The number of hydrogen-bond donors (Lipinski definition) is 0. The van der Waals surface area contributed by atoms with Crippen molar-refractivity contribution in [1.82, 2.24) is 4.90 Å². The topological polar surface area (TPSA) is 49.9 Å². The Hall–Kier alpha value is -2.53. The van der Waals surface area contributed by atoms with Crippen LogP contribution in [0.2, 0.25) is 5.02 Å². The zero-order chi connectivity index (χ0) is 21.3. The Bertz CT molecular complexity index is 854. The second-order valence-corrected chi connectivity index (χ2v) is 8.06. The van der Waals surface area contributed by atoms with Gasteiger partial charge in [-0.25, -0.2) is 0 Å². The minimum atomic E-state index is -0.0637. The number of fused-ring (bicyclic) bond motifs is 1. The molecule has 3 rings (SSSR count). The Kier molecular flexibility index (Phi) is 8.14. The molecule has 2 aromatic carbocycles. The van der Waals surface area contributed by atoms with Gasteiger partial charge in [0.25, 0.3) is 5.91 Å². The number of carbonyl (C=O) groups excluding carboxylic acids is 2. The molecule has 0 radical (unpaired) electrons. The predicted molar refractivity (Wildman–Crippen MR) is 120 cm³/mol. The highest BCUT2D eigenvalue weighted by Crippen LogP contribution is 2.24. The van der Waals surface area contributed by atoms with E-state index in [0.717, 1.165) is 43.4 Å². The molecule has 0 unspecified atom stereocenters. The Morgan fingerprint density at radius 1 is 0.933 bits per heavy atom. The average molecular weight is 429 g/mol. The number of halogens is 1. The van der Waals surface area contributed by atoms with Crippen LogP contribution in [-0.4, -0.2) is 36.4 Å². The van der Waals surface area contributed by atoms with Crippen LogP contribution >= 0.6 is 11.6 Å². The first kappa shape index (κ1) is 22.2. The predicted octanol–water partition coefficient (Wildman–Crippen LogP) is 5.06. The number of anilines is 1. The van der Waals surface area contributed by atoms with Crippen LogP contribution in [0.25, 0.3) is 0 Å². The van der Waals surface area contributed by atoms with Crippen LogP contribution in [0.15, 0.2) is 48.5 Å². The molecule has 2 aromatic rings. The summed E-state index contributed by atoms with van der Waals surface area (Å²) in [7, 11) is 0. The summed E-state index contributed by atoms with van der Waals surface area (Å²) in [5.74, 6) is 0.583. The van der Waals surface area contributed by atoms with Gasteiger partial charge in [-0.15, -0.1) is 0 Å². The SMILES string of the molecule is CC(=O)N1CCCCCCCN(C(=O)COc2ccc(Cl)cc2)Cc2ccccc21. The van der Waals surface area contributed by atoms with Crippen LogP contribution in [0.4, 0.5) is 5.69 Å². The molecular weight excluding hydrogens is 400 g/mol. The van der Waals surface area contributed by atoms with Gasteiger partial charge in [0.15, 0.2) is 6.61 Å². The lowest BCUT2D eigenvalue weighted by Gasteiger charge is -2.29. The third-order valence-corrected chi connectivity index (χ3v) is 5.61. The number of rotatable bonds is 3. The number of hydrogen-bond acceptors (Lipinski definition) is 3. The molecule has 0 saturated carbocycles. The van der Waals surface area contributed by atoms with Gasteiger partial charge in [-0.3, -0.25) is 9.59 Å². The highest BCUT2D eigenvalue weighted by molar-refractivity contribution is 6.30. The zero-order valence-corrected chi connectivity index (χ0v) is 18.2. The van der Waals surface area contributed by atoms with Crippen LogP contribution in [0.5, 0.6) is 5.75 Å². The Morgan fingerprint density at radius 2 is 1.60 bits per heavy atom. The number of benzene rings is 2. The largest absolute Gasteiger partial charge is 0.484 e. The molecule has 5 nitrogen and oxygen atoms in total. The molecule has 0 aromatic heterocycles. The van der Waals surface area contributed by atoms with Crippen molar-refractivity contribution in [2.45, 2.75) is 45.6 Å². The highest BCUT2D eigenvalue weighted by Gasteiger charge is 2.20. The smallest absolute Gasteiger partial charge is 0.260 e. The third-order valence-electron chi connectivity index (χ3n) is 5.36. The molecule has 0 fully saturated rings. The monoisotopic (exact) mass is 428 g/mol. The number of para-hydroxylation sites is 1. The molecule has 0 aliphatic carbocycles. The van der Waals surface area contributed by atoms with E-state index < -0.39 is 0 Å². The molecule has 1 heterocycles. The maximum absolute atomic E-state index is 13.0. The fourth-order valence-electron chi connectivity index (χ4n) is 3.72. The van der Waals surface area contributed by atoms with Gasteiger partial charge in [-0.1, -0.05) is 49.1 Å². The minimum Gasteiger partial charge on any atom is -0.484 e. The van der Waals surface area contributed by atoms with Crippen molar-refractivity contribution in [2.75, 3.05) is 24.6 Å². The molecule has 0 atom stereocenters. The lowest BCUT2D eigenvalue weighted by molar-refractivity contribution is -0.134. The number of nitrogens with zero attached hydrogens (tertiary/aromatic N) is 2. The van der Waals surface area contributed by atoms with Gasteiger partial charge in [0.1, 0.15) is 5.75 Å². The van der Waals surface area contributed by atoms with Crippen LogP contribution in [0.3, 0.4) is 0 Å². The van der Waals surface area contributed by atoms with Gasteiger partial charge in [0, 0.05) is 37.3 Å². The first-order valence-electron chi connectivity index (χ1n) is 10.6. The lowest BCUT2D eigenvalue weighted by Crippen LogP contribution is -2.37. The van der Waals surface area contributed by atoms with E-state index in [9.17, 15) is 9.59 Å². The van der Waals surface area contributed by atoms with E-state index in [1.54, 1.807) is 31.2 Å². The second-order valence-electron chi connectivity index (χ2n) is 7.63. The summed E-state index contributed by atoms with van der Waals surface area (Å²) in [6.45, 7) is 3.42. The van der Waals surface area contributed by atoms with Crippen molar-refractivity contribution in [3.05, 3.63) is 59.1 Å². The van der Waals surface area contributed by atoms with Gasteiger partial charge in [0.2, 0.25) is 5.91 Å². The van der Waals surface area contributed by atoms with Gasteiger partial charge in [-0.2, -0.15) is 0 Å². The molecule has 0 spiro atoms. The molecule has 1 aliphatic rings. The number of carbonyl (C=O) groups is 2. The molecule has 6 heteroatoms. The molecule has 1 aliphatic heterocycles. The van der Waals surface area contributed by atoms with Crippen molar-refractivity contribution in [2.24, 2.45) is 0 Å². The van der Waals surface area contributed by atoms with Crippen molar-refractivity contribution in [3.63, 3.8) is 0 Å².